The lowest BCUT2D eigenvalue weighted by Crippen LogP contribution is -2.24. The summed E-state index contributed by atoms with van der Waals surface area (Å²) in [5.41, 5.74) is -0.172. The molecule has 0 radical (unpaired) electrons. The first-order chi connectivity index (χ1) is 13.6. The summed E-state index contributed by atoms with van der Waals surface area (Å²) in [4.78, 5) is 23.2. The van der Waals surface area contributed by atoms with Gasteiger partial charge in [0.2, 0.25) is 5.91 Å². The molecule has 11 heteroatoms. The Morgan fingerprint density at radius 2 is 2.03 bits per heavy atom. The zero-order chi connectivity index (χ0) is 21.2. The van der Waals surface area contributed by atoms with Crippen LogP contribution in [-0.4, -0.2) is 36.5 Å². The van der Waals surface area contributed by atoms with Gasteiger partial charge in [-0.3, -0.25) is 14.2 Å². The number of benzene rings is 1. The summed E-state index contributed by atoms with van der Waals surface area (Å²) in [7, 11) is 0. The molecule has 0 saturated carbocycles. The number of aromatic carboxylic acids is 1. The lowest BCUT2D eigenvalue weighted by atomic mass is 10.1. The number of anilines is 1. The number of nitrogens with zero attached hydrogens (tertiary/aromatic N) is 4. The van der Waals surface area contributed by atoms with E-state index in [1.807, 2.05) is 0 Å². The van der Waals surface area contributed by atoms with Gasteiger partial charge < -0.3 is 10.4 Å². The number of carbonyl (C=O) groups excluding carboxylic acids is 1. The number of rotatable bonds is 6. The van der Waals surface area contributed by atoms with Crippen molar-refractivity contribution in [2.24, 2.45) is 0 Å². The maximum absolute atomic E-state index is 12.8. The Kier molecular flexibility index (Phi) is 5.39. The second-order valence-electron chi connectivity index (χ2n) is 6.28. The number of hydrogen-bond acceptors (Lipinski definition) is 4. The van der Waals surface area contributed by atoms with Gasteiger partial charge in [-0.1, -0.05) is 12.1 Å². The van der Waals surface area contributed by atoms with Crippen LogP contribution in [0, 0.1) is 0 Å². The van der Waals surface area contributed by atoms with Crippen LogP contribution >= 0.6 is 0 Å². The molecule has 0 saturated heterocycles. The van der Waals surface area contributed by atoms with Gasteiger partial charge in [0.25, 0.3) is 0 Å². The minimum Gasteiger partial charge on any atom is -0.476 e. The third-order valence-electron chi connectivity index (χ3n) is 4.10. The minimum atomic E-state index is -4.43. The highest BCUT2D eigenvalue weighted by molar-refractivity contribution is 5.93. The Morgan fingerprint density at radius 3 is 2.69 bits per heavy atom. The number of alkyl halides is 3. The molecule has 0 spiro atoms. The molecule has 0 aliphatic heterocycles. The molecule has 1 aromatic carbocycles. The van der Waals surface area contributed by atoms with Crippen LogP contribution in [0.25, 0.3) is 0 Å². The number of carbonyl (C=O) groups is 2. The molecule has 0 fully saturated rings. The number of aromatic nitrogens is 4. The number of carboxylic acid groups (broad SMARTS) is 1. The van der Waals surface area contributed by atoms with E-state index in [0.29, 0.717) is 11.3 Å². The summed E-state index contributed by atoms with van der Waals surface area (Å²) in [5.74, 6) is -1.66. The first-order valence-electron chi connectivity index (χ1n) is 8.41. The Balaban J connectivity index is 1.65. The van der Waals surface area contributed by atoms with Gasteiger partial charge in [0.15, 0.2) is 5.69 Å². The normalized spacial score (nSPS) is 12.6. The molecule has 1 atom stereocenters. The van der Waals surface area contributed by atoms with Gasteiger partial charge in [0.1, 0.15) is 6.04 Å². The van der Waals surface area contributed by atoms with Crippen LogP contribution in [-0.2, 0) is 17.5 Å². The van der Waals surface area contributed by atoms with E-state index in [-0.39, 0.29) is 12.2 Å². The van der Waals surface area contributed by atoms with E-state index in [9.17, 15) is 22.8 Å². The second kappa shape index (κ2) is 7.78. The maximum atomic E-state index is 12.8. The first-order valence-corrected chi connectivity index (χ1v) is 8.41. The van der Waals surface area contributed by atoms with Gasteiger partial charge in [-0.15, -0.1) is 0 Å². The smallest absolute Gasteiger partial charge is 0.416 e. The standard InChI is InChI=1S/C18H16F3N5O3/c1-11(26-6-5-15(24-26)17(28)29)16(27)23-14-8-22-25(10-14)9-12-3-2-4-13(7-12)18(19,20)21/h2-8,10-11H,9H2,1H3,(H,23,27)(H,28,29). The Hall–Kier alpha value is -3.63. The highest BCUT2D eigenvalue weighted by Crippen LogP contribution is 2.29. The maximum Gasteiger partial charge on any atom is 0.416 e. The van der Waals surface area contributed by atoms with Crippen molar-refractivity contribution >= 4 is 17.6 Å². The van der Waals surface area contributed by atoms with Crippen molar-refractivity contribution < 1.29 is 27.9 Å². The number of nitrogens with one attached hydrogen (secondary N) is 1. The third kappa shape index (κ3) is 4.81. The molecular formula is C18H16F3N5O3. The van der Waals surface area contributed by atoms with Crippen LogP contribution in [0.4, 0.5) is 18.9 Å². The molecule has 1 amide bonds. The molecular weight excluding hydrogens is 391 g/mol. The van der Waals surface area contributed by atoms with E-state index >= 15 is 0 Å². The van der Waals surface area contributed by atoms with Gasteiger partial charge in [0, 0.05) is 12.4 Å². The van der Waals surface area contributed by atoms with Gasteiger partial charge in [-0.25, -0.2) is 4.79 Å². The van der Waals surface area contributed by atoms with Crippen molar-refractivity contribution in [2.75, 3.05) is 5.32 Å². The molecule has 29 heavy (non-hydrogen) atoms. The molecule has 0 aliphatic rings. The highest BCUT2D eigenvalue weighted by atomic mass is 19.4. The number of hydrogen-bond donors (Lipinski definition) is 2. The molecule has 8 nitrogen and oxygen atoms in total. The Labute approximate surface area is 162 Å². The number of carboxylic acids is 1. The molecule has 0 bridgehead atoms. The summed E-state index contributed by atoms with van der Waals surface area (Å²) in [6.45, 7) is 1.64. The predicted molar refractivity (Wildman–Crippen MR) is 95.3 cm³/mol. The molecule has 152 valence electrons. The molecule has 3 rings (SSSR count). The zero-order valence-electron chi connectivity index (χ0n) is 15.1. The number of halogens is 3. The molecule has 1 unspecified atom stereocenters. The number of amides is 1. The molecule has 3 aromatic rings. The van der Waals surface area contributed by atoms with Gasteiger partial charge in [0.05, 0.1) is 24.0 Å². The lowest BCUT2D eigenvalue weighted by molar-refractivity contribution is -0.137. The monoisotopic (exact) mass is 407 g/mol. The molecule has 2 N–H and O–H groups in total. The average molecular weight is 407 g/mol. The van der Waals surface area contributed by atoms with Crippen LogP contribution < -0.4 is 5.32 Å². The van der Waals surface area contributed by atoms with Crippen LogP contribution in [0.5, 0.6) is 0 Å². The summed E-state index contributed by atoms with van der Waals surface area (Å²) < 4.78 is 41.0. The molecule has 2 heterocycles. The largest absolute Gasteiger partial charge is 0.476 e. The Bertz CT molecular complexity index is 1040. The van der Waals surface area contributed by atoms with E-state index in [1.165, 1.54) is 40.1 Å². The topological polar surface area (TPSA) is 102 Å². The van der Waals surface area contributed by atoms with Crippen LogP contribution in [0.1, 0.15) is 34.6 Å². The molecule has 0 aliphatic carbocycles. The summed E-state index contributed by atoms with van der Waals surface area (Å²) in [6.07, 6.45) is -0.201. The Morgan fingerprint density at radius 1 is 1.28 bits per heavy atom. The zero-order valence-corrected chi connectivity index (χ0v) is 15.1. The van der Waals surface area contributed by atoms with Crippen LogP contribution in [0.2, 0.25) is 0 Å². The second-order valence-corrected chi connectivity index (χ2v) is 6.28. The van der Waals surface area contributed by atoms with Crippen molar-refractivity contribution in [3.63, 3.8) is 0 Å². The summed E-state index contributed by atoms with van der Waals surface area (Å²) in [6, 6.07) is 5.40. The fraction of sp³-hybridized carbons (Fsp3) is 0.222. The quantitative estimate of drug-likeness (QED) is 0.654. The highest BCUT2D eigenvalue weighted by Gasteiger charge is 2.30. The fourth-order valence-corrected chi connectivity index (χ4v) is 2.58. The van der Waals surface area contributed by atoms with E-state index in [2.05, 4.69) is 15.5 Å². The van der Waals surface area contributed by atoms with Crippen molar-refractivity contribution in [1.82, 2.24) is 19.6 Å². The van der Waals surface area contributed by atoms with Crippen molar-refractivity contribution in [3.8, 4) is 0 Å². The van der Waals surface area contributed by atoms with E-state index < -0.39 is 29.7 Å². The first kappa shape index (κ1) is 20.1. The fourth-order valence-electron chi connectivity index (χ4n) is 2.58. The van der Waals surface area contributed by atoms with Gasteiger partial charge >= 0.3 is 12.1 Å². The third-order valence-corrected chi connectivity index (χ3v) is 4.10. The van der Waals surface area contributed by atoms with Crippen molar-refractivity contribution in [3.05, 3.63) is 65.7 Å². The minimum absolute atomic E-state index is 0.0937. The van der Waals surface area contributed by atoms with Gasteiger partial charge in [-0.2, -0.15) is 23.4 Å². The average Bonchev–Trinajstić information content (AvgIpc) is 3.30. The predicted octanol–water partition coefficient (Wildman–Crippen LogP) is 3.04. The van der Waals surface area contributed by atoms with E-state index in [4.69, 9.17) is 5.11 Å². The van der Waals surface area contributed by atoms with Gasteiger partial charge in [-0.05, 0) is 30.7 Å². The van der Waals surface area contributed by atoms with E-state index in [0.717, 1.165) is 12.1 Å². The SMILES string of the molecule is CC(C(=O)Nc1cnn(Cc2cccc(C(F)(F)F)c2)c1)n1ccc(C(=O)O)n1. The van der Waals surface area contributed by atoms with Crippen molar-refractivity contribution in [1.29, 1.82) is 0 Å². The van der Waals surface area contributed by atoms with E-state index in [1.54, 1.807) is 13.0 Å². The van der Waals surface area contributed by atoms with Crippen molar-refractivity contribution in [2.45, 2.75) is 25.7 Å². The van der Waals surface area contributed by atoms with Crippen LogP contribution in [0.15, 0.2) is 48.9 Å². The summed E-state index contributed by atoms with van der Waals surface area (Å²) in [5, 5.41) is 19.3. The molecule has 2 aromatic heterocycles. The summed E-state index contributed by atoms with van der Waals surface area (Å²) >= 11 is 0. The lowest BCUT2D eigenvalue weighted by Gasteiger charge is -2.11. The van der Waals surface area contributed by atoms with Crippen LogP contribution in [0.3, 0.4) is 0 Å².